The third-order valence-electron chi connectivity index (χ3n) is 3.27. The molecule has 21 heavy (non-hydrogen) atoms. The molecule has 1 aromatic carbocycles. The molecule has 0 saturated heterocycles. The van der Waals surface area contributed by atoms with Gasteiger partial charge in [-0.3, -0.25) is 4.79 Å². The summed E-state index contributed by atoms with van der Waals surface area (Å²) in [5, 5.41) is 11.9. The van der Waals surface area contributed by atoms with Crippen molar-refractivity contribution < 1.29 is 19.0 Å². The lowest BCUT2D eigenvalue weighted by Crippen LogP contribution is -2.26. The first-order valence-corrected chi connectivity index (χ1v) is 6.61. The van der Waals surface area contributed by atoms with E-state index in [1.165, 1.54) is 13.2 Å². The van der Waals surface area contributed by atoms with Gasteiger partial charge >= 0.3 is 0 Å². The summed E-state index contributed by atoms with van der Waals surface area (Å²) in [5.41, 5.74) is 0.710. The lowest BCUT2D eigenvalue weighted by molar-refractivity contribution is -0.117. The van der Waals surface area contributed by atoms with E-state index in [-0.39, 0.29) is 24.3 Å². The minimum atomic E-state index is -0.350. The molecule has 1 aliphatic heterocycles. The molecule has 1 N–H and O–H groups in total. The number of rotatable bonds is 4. The molecule has 0 bridgehead atoms. The number of nitrogens with zero attached hydrogens (tertiary/aromatic N) is 1. The van der Waals surface area contributed by atoms with Crippen molar-refractivity contribution in [2.75, 3.05) is 13.9 Å². The molecule has 1 amide bonds. The summed E-state index contributed by atoms with van der Waals surface area (Å²) in [6, 6.07) is 5.55. The molecular formula is C15H14N2O4. The van der Waals surface area contributed by atoms with Gasteiger partial charge in [0.25, 0.3) is 5.91 Å². The molecule has 1 heterocycles. The molecule has 3 rings (SSSR count). The summed E-state index contributed by atoms with van der Waals surface area (Å²) in [4.78, 5) is 11.9. The maximum absolute atomic E-state index is 11.9. The second-order valence-electron chi connectivity index (χ2n) is 4.87. The van der Waals surface area contributed by atoms with E-state index in [2.05, 4.69) is 5.32 Å². The van der Waals surface area contributed by atoms with Crippen LogP contribution in [0.2, 0.25) is 0 Å². The first kappa shape index (κ1) is 13.3. The van der Waals surface area contributed by atoms with Crippen molar-refractivity contribution in [2.45, 2.75) is 18.9 Å². The monoisotopic (exact) mass is 286 g/mol. The lowest BCUT2D eigenvalue weighted by atomic mass is 10.1. The van der Waals surface area contributed by atoms with Gasteiger partial charge in [0.1, 0.15) is 11.6 Å². The number of fused-ring (bicyclic) bond motifs is 1. The van der Waals surface area contributed by atoms with E-state index >= 15 is 0 Å². The number of benzene rings is 1. The van der Waals surface area contributed by atoms with Gasteiger partial charge in [-0.25, -0.2) is 0 Å². The molecule has 1 aromatic rings. The van der Waals surface area contributed by atoms with Crippen LogP contribution in [0.4, 0.5) is 0 Å². The van der Waals surface area contributed by atoms with Crippen LogP contribution in [0.1, 0.15) is 18.4 Å². The Hall–Kier alpha value is -2.68. The van der Waals surface area contributed by atoms with Gasteiger partial charge in [-0.15, -0.1) is 0 Å². The number of carbonyl (C=O) groups is 1. The van der Waals surface area contributed by atoms with Crippen LogP contribution in [0.25, 0.3) is 6.08 Å². The van der Waals surface area contributed by atoms with Crippen LogP contribution < -0.4 is 19.5 Å². The van der Waals surface area contributed by atoms with Crippen molar-refractivity contribution in [3.63, 3.8) is 0 Å². The molecule has 0 unspecified atom stereocenters. The third-order valence-corrected chi connectivity index (χ3v) is 3.27. The Morgan fingerprint density at radius 3 is 2.95 bits per heavy atom. The van der Waals surface area contributed by atoms with Gasteiger partial charge < -0.3 is 19.5 Å². The van der Waals surface area contributed by atoms with Crippen LogP contribution in [0.3, 0.4) is 0 Å². The Morgan fingerprint density at radius 1 is 1.48 bits per heavy atom. The average molecular weight is 286 g/mol. The highest BCUT2D eigenvalue weighted by Crippen LogP contribution is 2.42. The Kier molecular flexibility index (Phi) is 3.40. The summed E-state index contributed by atoms with van der Waals surface area (Å²) in [5.74, 6) is 1.24. The molecule has 0 aromatic heterocycles. The van der Waals surface area contributed by atoms with E-state index in [0.29, 0.717) is 22.8 Å². The summed E-state index contributed by atoms with van der Waals surface area (Å²) in [6.45, 7) is 0.131. The summed E-state index contributed by atoms with van der Waals surface area (Å²) >= 11 is 0. The van der Waals surface area contributed by atoms with E-state index in [9.17, 15) is 4.79 Å². The number of ether oxygens (including phenoxy) is 3. The quantitative estimate of drug-likeness (QED) is 0.672. The summed E-state index contributed by atoms with van der Waals surface area (Å²) in [6.07, 6.45) is 3.47. The van der Waals surface area contributed by atoms with Gasteiger partial charge in [0.05, 0.1) is 7.11 Å². The molecule has 108 valence electrons. The predicted molar refractivity (Wildman–Crippen MR) is 73.9 cm³/mol. The Bertz CT molecular complexity index is 656. The molecule has 6 nitrogen and oxygen atoms in total. The number of carbonyl (C=O) groups excluding carboxylic acids is 1. The smallest absolute Gasteiger partial charge is 0.262 e. The molecule has 2 aliphatic rings. The second-order valence-corrected chi connectivity index (χ2v) is 4.87. The summed E-state index contributed by atoms with van der Waals surface area (Å²) in [7, 11) is 1.52. The third kappa shape index (κ3) is 2.77. The number of methoxy groups -OCH3 is 1. The van der Waals surface area contributed by atoms with Crippen molar-refractivity contribution in [2.24, 2.45) is 0 Å². The first-order chi connectivity index (χ1) is 10.2. The van der Waals surface area contributed by atoms with Gasteiger partial charge in [0, 0.05) is 6.04 Å². The largest absolute Gasteiger partial charge is 0.493 e. The zero-order valence-corrected chi connectivity index (χ0v) is 11.5. The van der Waals surface area contributed by atoms with E-state index in [1.807, 2.05) is 6.07 Å². The Labute approximate surface area is 121 Å². The maximum atomic E-state index is 11.9. The fourth-order valence-electron chi connectivity index (χ4n) is 2.04. The molecule has 0 spiro atoms. The van der Waals surface area contributed by atoms with Crippen molar-refractivity contribution in [3.8, 4) is 23.3 Å². The highest BCUT2D eigenvalue weighted by atomic mass is 16.7. The van der Waals surface area contributed by atoms with Crippen molar-refractivity contribution in [3.05, 3.63) is 23.3 Å². The number of nitrogens with one attached hydrogen (secondary N) is 1. The van der Waals surface area contributed by atoms with Crippen LogP contribution in [-0.4, -0.2) is 25.9 Å². The number of amides is 1. The van der Waals surface area contributed by atoms with E-state index in [0.717, 1.165) is 12.8 Å². The van der Waals surface area contributed by atoms with Crippen LogP contribution in [-0.2, 0) is 4.79 Å². The van der Waals surface area contributed by atoms with E-state index in [1.54, 1.807) is 12.1 Å². The van der Waals surface area contributed by atoms with Crippen LogP contribution >= 0.6 is 0 Å². The van der Waals surface area contributed by atoms with Gasteiger partial charge in [-0.1, -0.05) is 0 Å². The van der Waals surface area contributed by atoms with Crippen LogP contribution in [0.15, 0.2) is 17.7 Å². The number of hydrogen-bond acceptors (Lipinski definition) is 5. The van der Waals surface area contributed by atoms with E-state index < -0.39 is 0 Å². The molecule has 1 saturated carbocycles. The van der Waals surface area contributed by atoms with Gasteiger partial charge in [0.2, 0.25) is 12.5 Å². The van der Waals surface area contributed by atoms with E-state index in [4.69, 9.17) is 19.5 Å². The number of nitriles is 1. The van der Waals surface area contributed by atoms with Gasteiger partial charge in [-0.05, 0) is 36.6 Å². The minimum Gasteiger partial charge on any atom is -0.493 e. The zero-order chi connectivity index (χ0) is 14.8. The van der Waals surface area contributed by atoms with Gasteiger partial charge in [-0.2, -0.15) is 5.26 Å². The molecule has 1 aliphatic carbocycles. The second kappa shape index (κ2) is 5.37. The van der Waals surface area contributed by atoms with Gasteiger partial charge in [0.15, 0.2) is 11.5 Å². The minimum absolute atomic E-state index is 0.0582. The lowest BCUT2D eigenvalue weighted by Gasteiger charge is -2.06. The van der Waals surface area contributed by atoms with Crippen LogP contribution in [0, 0.1) is 11.3 Å². The summed E-state index contributed by atoms with van der Waals surface area (Å²) < 4.78 is 15.9. The highest BCUT2D eigenvalue weighted by Gasteiger charge is 2.25. The Balaban J connectivity index is 1.90. The van der Waals surface area contributed by atoms with Crippen molar-refractivity contribution in [1.29, 1.82) is 5.26 Å². The first-order valence-electron chi connectivity index (χ1n) is 6.61. The molecule has 0 atom stereocenters. The van der Waals surface area contributed by atoms with Crippen molar-refractivity contribution >= 4 is 12.0 Å². The number of hydrogen-bond donors (Lipinski definition) is 1. The van der Waals surface area contributed by atoms with Crippen LogP contribution in [0.5, 0.6) is 17.2 Å². The molecular weight excluding hydrogens is 272 g/mol. The SMILES string of the molecule is COc1cc(/C=C(\C#N)C(=O)NC2CC2)cc2c1OCO2. The fourth-order valence-corrected chi connectivity index (χ4v) is 2.04. The average Bonchev–Trinajstić information content (AvgIpc) is 3.17. The normalized spacial score (nSPS) is 16.3. The maximum Gasteiger partial charge on any atom is 0.262 e. The predicted octanol–water partition coefficient (Wildman–Crippen LogP) is 1.61. The topological polar surface area (TPSA) is 80.6 Å². The highest BCUT2D eigenvalue weighted by molar-refractivity contribution is 6.02. The molecule has 1 fully saturated rings. The Morgan fingerprint density at radius 2 is 2.29 bits per heavy atom. The standard InChI is InChI=1S/C15H14N2O4/c1-19-12-5-9(6-13-14(12)21-8-20-13)4-10(7-16)15(18)17-11-2-3-11/h4-6,11H,2-3,8H2,1H3,(H,17,18)/b10-4+. The fraction of sp³-hybridized carbons (Fsp3) is 0.333. The zero-order valence-electron chi connectivity index (χ0n) is 11.5. The van der Waals surface area contributed by atoms with Crippen molar-refractivity contribution in [1.82, 2.24) is 5.32 Å². The molecule has 0 radical (unpaired) electrons. The molecule has 6 heteroatoms.